The van der Waals surface area contributed by atoms with Crippen molar-refractivity contribution in [3.63, 3.8) is 0 Å². The molecule has 2 rings (SSSR count). The molecule has 1 saturated carbocycles. The van der Waals surface area contributed by atoms with E-state index >= 15 is 0 Å². The Morgan fingerprint density at radius 3 is 3.06 bits per heavy atom. The molecule has 1 amide bonds. The summed E-state index contributed by atoms with van der Waals surface area (Å²) in [4.78, 5) is 11.9. The zero-order chi connectivity index (χ0) is 12.4. The van der Waals surface area contributed by atoms with E-state index in [1.54, 1.807) is 4.68 Å². The Kier molecular flexibility index (Phi) is 3.33. The van der Waals surface area contributed by atoms with Crippen molar-refractivity contribution in [1.29, 1.82) is 0 Å². The van der Waals surface area contributed by atoms with Gasteiger partial charge in [-0.25, -0.2) is 0 Å². The van der Waals surface area contributed by atoms with Crippen molar-refractivity contribution in [3.05, 3.63) is 11.9 Å². The zero-order valence-corrected chi connectivity index (χ0v) is 9.89. The maximum atomic E-state index is 11.9. The monoisotopic (exact) mass is 238 g/mol. The molecule has 0 aromatic carbocycles. The number of rotatable bonds is 5. The molecule has 0 spiro atoms. The number of nitrogen functional groups attached to an aromatic ring is 1. The second-order valence-corrected chi connectivity index (χ2v) is 4.38. The minimum absolute atomic E-state index is 0.276. The highest BCUT2D eigenvalue weighted by molar-refractivity contribution is 5.97. The molecule has 0 saturated heterocycles. The number of amides is 1. The molecule has 1 fully saturated rings. The van der Waals surface area contributed by atoms with Crippen LogP contribution in [-0.2, 0) is 6.54 Å². The lowest BCUT2D eigenvalue weighted by molar-refractivity contribution is 0.0891. The smallest absolute Gasteiger partial charge is 0.271 e. The van der Waals surface area contributed by atoms with E-state index in [1.807, 2.05) is 6.92 Å². The fourth-order valence-electron chi connectivity index (χ4n) is 1.82. The molecule has 6 heteroatoms. The van der Waals surface area contributed by atoms with E-state index in [1.165, 1.54) is 6.20 Å². The summed E-state index contributed by atoms with van der Waals surface area (Å²) >= 11 is 0. The van der Waals surface area contributed by atoms with Crippen molar-refractivity contribution < 1.29 is 9.90 Å². The van der Waals surface area contributed by atoms with Gasteiger partial charge in [0.15, 0.2) is 0 Å². The summed E-state index contributed by atoms with van der Waals surface area (Å²) in [5, 5.41) is 16.4. The lowest BCUT2D eigenvalue weighted by atomic mass is 10.2. The van der Waals surface area contributed by atoms with Crippen molar-refractivity contribution in [1.82, 2.24) is 15.1 Å². The van der Waals surface area contributed by atoms with Gasteiger partial charge in [0.25, 0.3) is 5.91 Å². The van der Waals surface area contributed by atoms with Gasteiger partial charge in [-0.1, -0.05) is 0 Å². The van der Waals surface area contributed by atoms with Gasteiger partial charge in [0.05, 0.1) is 18.0 Å². The van der Waals surface area contributed by atoms with E-state index in [9.17, 15) is 9.90 Å². The van der Waals surface area contributed by atoms with Gasteiger partial charge >= 0.3 is 0 Å². The first-order valence-electron chi connectivity index (χ1n) is 5.91. The number of aromatic nitrogens is 2. The van der Waals surface area contributed by atoms with E-state index in [-0.39, 0.29) is 12.5 Å². The number of hydrogen-bond acceptors (Lipinski definition) is 4. The van der Waals surface area contributed by atoms with E-state index < -0.39 is 6.10 Å². The molecule has 0 aliphatic heterocycles. The van der Waals surface area contributed by atoms with Crippen LogP contribution in [0.1, 0.15) is 30.3 Å². The van der Waals surface area contributed by atoms with Crippen LogP contribution < -0.4 is 11.1 Å². The molecule has 94 valence electrons. The minimum atomic E-state index is -0.446. The van der Waals surface area contributed by atoms with Crippen LogP contribution in [0.5, 0.6) is 0 Å². The van der Waals surface area contributed by atoms with E-state index in [0.717, 1.165) is 12.8 Å². The van der Waals surface area contributed by atoms with Crippen molar-refractivity contribution in [3.8, 4) is 0 Å². The van der Waals surface area contributed by atoms with Crippen molar-refractivity contribution >= 4 is 11.6 Å². The first-order chi connectivity index (χ1) is 8.13. The number of carbonyl (C=O) groups excluding carboxylic acids is 1. The first kappa shape index (κ1) is 11.9. The lowest BCUT2D eigenvalue weighted by Gasteiger charge is -2.11. The summed E-state index contributed by atoms with van der Waals surface area (Å²) in [6.45, 7) is 2.76. The molecule has 6 nitrogen and oxygen atoms in total. The van der Waals surface area contributed by atoms with Gasteiger partial charge in [0, 0.05) is 13.1 Å². The number of nitrogens with one attached hydrogen (secondary N) is 1. The Hall–Kier alpha value is -1.56. The van der Waals surface area contributed by atoms with Crippen molar-refractivity contribution in [2.45, 2.75) is 32.4 Å². The highest BCUT2D eigenvalue weighted by Crippen LogP contribution is 2.32. The maximum Gasteiger partial charge on any atom is 0.271 e. The molecule has 1 atom stereocenters. The third kappa shape index (κ3) is 2.58. The number of aryl methyl sites for hydroxylation is 1. The predicted molar refractivity (Wildman–Crippen MR) is 63.4 cm³/mol. The van der Waals surface area contributed by atoms with Gasteiger partial charge in [-0.3, -0.25) is 9.48 Å². The molecule has 1 heterocycles. The SMILES string of the molecule is CCn1ncc(N)c1C(=O)NCC(O)C1CC1. The average molecular weight is 238 g/mol. The third-order valence-electron chi connectivity index (χ3n) is 3.02. The molecule has 1 aromatic heterocycles. The van der Waals surface area contributed by atoms with E-state index in [0.29, 0.717) is 23.8 Å². The Morgan fingerprint density at radius 1 is 1.76 bits per heavy atom. The van der Waals surface area contributed by atoms with E-state index in [2.05, 4.69) is 10.4 Å². The third-order valence-corrected chi connectivity index (χ3v) is 3.02. The van der Waals surface area contributed by atoms with Gasteiger partial charge in [-0.15, -0.1) is 0 Å². The van der Waals surface area contributed by atoms with Crippen LogP contribution >= 0.6 is 0 Å². The predicted octanol–water partition coefficient (Wildman–Crippen LogP) is -0.0141. The summed E-state index contributed by atoms with van der Waals surface area (Å²) in [6, 6.07) is 0. The van der Waals surface area contributed by atoms with E-state index in [4.69, 9.17) is 5.73 Å². The molecule has 17 heavy (non-hydrogen) atoms. The van der Waals surface area contributed by atoms with Crippen LogP contribution in [0.3, 0.4) is 0 Å². The summed E-state index contributed by atoms with van der Waals surface area (Å²) < 4.78 is 1.55. The van der Waals surface area contributed by atoms with Crippen LogP contribution in [-0.4, -0.2) is 33.4 Å². The van der Waals surface area contributed by atoms with Crippen molar-refractivity contribution in [2.24, 2.45) is 5.92 Å². The summed E-state index contributed by atoms with van der Waals surface area (Å²) in [6.07, 6.45) is 3.12. The van der Waals surface area contributed by atoms with Gasteiger partial charge in [0.2, 0.25) is 0 Å². The molecular weight excluding hydrogens is 220 g/mol. The number of anilines is 1. The molecular formula is C11H18N4O2. The summed E-state index contributed by atoms with van der Waals surface area (Å²) in [5.74, 6) is 0.0743. The normalized spacial score (nSPS) is 16.8. The highest BCUT2D eigenvalue weighted by atomic mass is 16.3. The molecule has 1 aliphatic rings. The Labute approximate surface area is 99.8 Å². The van der Waals surface area contributed by atoms with Crippen LogP contribution in [0.2, 0.25) is 0 Å². The number of aliphatic hydroxyl groups excluding tert-OH is 1. The molecule has 4 N–H and O–H groups in total. The molecule has 1 aromatic rings. The quantitative estimate of drug-likeness (QED) is 0.672. The summed E-state index contributed by atoms with van der Waals surface area (Å²) in [7, 11) is 0. The van der Waals surface area contributed by atoms with Crippen LogP contribution in [0.15, 0.2) is 6.20 Å². The van der Waals surface area contributed by atoms with Crippen LogP contribution in [0, 0.1) is 5.92 Å². The molecule has 1 aliphatic carbocycles. The average Bonchev–Trinajstić information content (AvgIpc) is 3.09. The first-order valence-corrected chi connectivity index (χ1v) is 5.91. The minimum Gasteiger partial charge on any atom is -0.396 e. The second kappa shape index (κ2) is 4.75. The maximum absolute atomic E-state index is 11.9. The van der Waals surface area contributed by atoms with Gasteiger partial charge in [-0.2, -0.15) is 5.10 Å². The van der Waals surface area contributed by atoms with Crippen LogP contribution in [0.25, 0.3) is 0 Å². The summed E-state index contributed by atoms with van der Waals surface area (Å²) in [5.41, 5.74) is 6.43. The fraction of sp³-hybridized carbons (Fsp3) is 0.636. The van der Waals surface area contributed by atoms with Gasteiger partial charge in [-0.05, 0) is 25.7 Å². The number of nitrogens with two attached hydrogens (primary N) is 1. The number of aliphatic hydroxyl groups is 1. The lowest BCUT2D eigenvalue weighted by Crippen LogP contribution is -2.34. The van der Waals surface area contributed by atoms with Gasteiger partial charge < -0.3 is 16.2 Å². The fourth-order valence-corrected chi connectivity index (χ4v) is 1.82. The molecule has 0 bridgehead atoms. The standard InChI is InChI=1S/C11H18N4O2/c1-2-15-10(8(12)5-14-15)11(17)13-6-9(16)7-3-4-7/h5,7,9,16H,2-4,6,12H2,1H3,(H,13,17). The zero-order valence-electron chi connectivity index (χ0n) is 9.89. The molecule has 0 radical (unpaired) electrons. The Balaban J connectivity index is 1.96. The number of hydrogen-bond donors (Lipinski definition) is 3. The van der Waals surface area contributed by atoms with Crippen LogP contribution in [0.4, 0.5) is 5.69 Å². The largest absolute Gasteiger partial charge is 0.396 e. The Bertz CT molecular complexity index is 412. The highest BCUT2D eigenvalue weighted by Gasteiger charge is 2.30. The second-order valence-electron chi connectivity index (χ2n) is 4.38. The number of nitrogens with zero attached hydrogens (tertiary/aromatic N) is 2. The topological polar surface area (TPSA) is 93.2 Å². The van der Waals surface area contributed by atoms with Crippen molar-refractivity contribution in [2.75, 3.05) is 12.3 Å². The molecule has 1 unspecified atom stereocenters. The van der Waals surface area contributed by atoms with Gasteiger partial charge in [0.1, 0.15) is 5.69 Å². The Morgan fingerprint density at radius 2 is 2.47 bits per heavy atom. The number of carbonyl (C=O) groups is 1.